The van der Waals surface area contributed by atoms with Crippen molar-refractivity contribution in [1.29, 1.82) is 0 Å². The Bertz CT molecular complexity index is 99.3. The molecule has 0 saturated carbocycles. The SMILES string of the molecule is CCCCCN(CC)CCC(C)C. The van der Waals surface area contributed by atoms with Gasteiger partial charge in [0.1, 0.15) is 0 Å². The summed E-state index contributed by atoms with van der Waals surface area (Å²) in [6.07, 6.45) is 5.45. The normalized spacial score (nSPS) is 11.5. The van der Waals surface area contributed by atoms with Gasteiger partial charge in [0, 0.05) is 0 Å². The fourth-order valence-electron chi connectivity index (χ4n) is 1.45. The van der Waals surface area contributed by atoms with Crippen molar-refractivity contribution in [2.75, 3.05) is 19.6 Å². The molecular weight excluding hydrogens is 158 g/mol. The average Bonchev–Trinajstić information content (AvgIpc) is 2.10. The van der Waals surface area contributed by atoms with Gasteiger partial charge in [-0.3, -0.25) is 0 Å². The van der Waals surface area contributed by atoms with Gasteiger partial charge in [0.15, 0.2) is 0 Å². The summed E-state index contributed by atoms with van der Waals surface area (Å²) in [5.41, 5.74) is 0. The summed E-state index contributed by atoms with van der Waals surface area (Å²) in [5.74, 6) is 0.847. The van der Waals surface area contributed by atoms with Crippen LogP contribution >= 0.6 is 0 Å². The Balaban J connectivity index is 3.39. The second-order valence-electron chi connectivity index (χ2n) is 4.32. The quantitative estimate of drug-likeness (QED) is 0.523. The number of hydrogen-bond acceptors (Lipinski definition) is 1. The van der Waals surface area contributed by atoms with Gasteiger partial charge in [-0.25, -0.2) is 0 Å². The summed E-state index contributed by atoms with van der Waals surface area (Å²) >= 11 is 0. The first-order chi connectivity index (χ1) is 6.20. The predicted molar refractivity (Wildman–Crippen MR) is 61.1 cm³/mol. The highest BCUT2D eigenvalue weighted by Crippen LogP contribution is 2.04. The lowest BCUT2D eigenvalue weighted by molar-refractivity contribution is 0.264. The Morgan fingerprint density at radius 3 is 2.15 bits per heavy atom. The van der Waals surface area contributed by atoms with Crippen molar-refractivity contribution in [1.82, 2.24) is 4.90 Å². The van der Waals surface area contributed by atoms with E-state index in [4.69, 9.17) is 0 Å². The second kappa shape index (κ2) is 8.55. The summed E-state index contributed by atoms with van der Waals surface area (Å²) in [7, 11) is 0. The van der Waals surface area contributed by atoms with Crippen molar-refractivity contribution in [3.8, 4) is 0 Å². The molecule has 1 nitrogen and oxygen atoms in total. The number of unbranched alkanes of at least 4 members (excludes halogenated alkanes) is 2. The molecule has 0 radical (unpaired) electrons. The Morgan fingerprint density at radius 2 is 1.69 bits per heavy atom. The van der Waals surface area contributed by atoms with Crippen LogP contribution in [0.25, 0.3) is 0 Å². The third-order valence-corrected chi connectivity index (χ3v) is 2.55. The van der Waals surface area contributed by atoms with Crippen LogP contribution in [0.1, 0.15) is 53.4 Å². The number of nitrogens with zero attached hydrogens (tertiary/aromatic N) is 1. The van der Waals surface area contributed by atoms with E-state index in [0.29, 0.717) is 0 Å². The molecule has 80 valence electrons. The van der Waals surface area contributed by atoms with Crippen LogP contribution in [-0.2, 0) is 0 Å². The summed E-state index contributed by atoms with van der Waals surface area (Å²) in [6, 6.07) is 0. The molecule has 0 N–H and O–H groups in total. The standard InChI is InChI=1S/C12H27N/c1-5-7-8-10-13(6-2)11-9-12(3)4/h12H,5-11H2,1-4H3. The monoisotopic (exact) mass is 185 g/mol. The van der Waals surface area contributed by atoms with Gasteiger partial charge in [0.05, 0.1) is 0 Å². The van der Waals surface area contributed by atoms with Crippen molar-refractivity contribution < 1.29 is 0 Å². The molecule has 0 aromatic rings. The highest BCUT2D eigenvalue weighted by atomic mass is 15.1. The summed E-state index contributed by atoms with van der Waals surface area (Å²) < 4.78 is 0. The molecule has 0 saturated heterocycles. The maximum Gasteiger partial charge on any atom is -0.00164 e. The number of hydrogen-bond donors (Lipinski definition) is 0. The van der Waals surface area contributed by atoms with E-state index in [1.165, 1.54) is 45.3 Å². The van der Waals surface area contributed by atoms with Crippen LogP contribution in [0.3, 0.4) is 0 Å². The average molecular weight is 185 g/mol. The van der Waals surface area contributed by atoms with Gasteiger partial charge in [-0.2, -0.15) is 0 Å². The van der Waals surface area contributed by atoms with Crippen LogP contribution in [0.5, 0.6) is 0 Å². The van der Waals surface area contributed by atoms with Crippen LogP contribution in [0.15, 0.2) is 0 Å². The lowest BCUT2D eigenvalue weighted by Crippen LogP contribution is -2.26. The maximum atomic E-state index is 2.58. The van der Waals surface area contributed by atoms with Crippen molar-refractivity contribution in [3.63, 3.8) is 0 Å². The van der Waals surface area contributed by atoms with Crippen molar-refractivity contribution in [3.05, 3.63) is 0 Å². The molecule has 0 bridgehead atoms. The van der Waals surface area contributed by atoms with Crippen LogP contribution in [0.2, 0.25) is 0 Å². The zero-order valence-electron chi connectivity index (χ0n) is 9.97. The van der Waals surface area contributed by atoms with Crippen molar-refractivity contribution >= 4 is 0 Å². The predicted octanol–water partition coefficient (Wildman–Crippen LogP) is 3.54. The minimum Gasteiger partial charge on any atom is -0.304 e. The van der Waals surface area contributed by atoms with E-state index >= 15 is 0 Å². The van der Waals surface area contributed by atoms with Crippen LogP contribution in [-0.4, -0.2) is 24.5 Å². The van der Waals surface area contributed by atoms with E-state index in [9.17, 15) is 0 Å². The van der Waals surface area contributed by atoms with Crippen molar-refractivity contribution in [2.24, 2.45) is 5.92 Å². The highest BCUT2D eigenvalue weighted by Gasteiger charge is 2.02. The summed E-state index contributed by atoms with van der Waals surface area (Å²) in [6.45, 7) is 13.0. The summed E-state index contributed by atoms with van der Waals surface area (Å²) in [4.78, 5) is 2.58. The van der Waals surface area contributed by atoms with Crippen LogP contribution in [0, 0.1) is 5.92 Å². The van der Waals surface area contributed by atoms with Gasteiger partial charge in [-0.15, -0.1) is 0 Å². The van der Waals surface area contributed by atoms with Gasteiger partial charge in [0.2, 0.25) is 0 Å². The lowest BCUT2D eigenvalue weighted by Gasteiger charge is -2.21. The molecule has 0 aliphatic rings. The van der Waals surface area contributed by atoms with E-state index in [-0.39, 0.29) is 0 Å². The molecule has 13 heavy (non-hydrogen) atoms. The zero-order chi connectivity index (χ0) is 10.1. The fraction of sp³-hybridized carbons (Fsp3) is 1.00. The Morgan fingerprint density at radius 1 is 1.00 bits per heavy atom. The van der Waals surface area contributed by atoms with Gasteiger partial charge in [-0.05, 0) is 38.4 Å². The number of rotatable bonds is 8. The molecule has 0 aromatic carbocycles. The Kier molecular flexibility index (Phi) is 8.53. The van der Waals surface area contributed by atoms with Gasteiger partial charge < -0.3 is 4.90 Å². The van der Waals surface area contributed by atoms with Crippen molar-refractivity contribution in [2.45, 2.75) is 53.4 Å². The minimum atomic E-state index is 0.847. The molecule has 1 heteroatoms. The van der Waals surface area contributed by atoms with Gasteiger partial charge >= 0.3 is 0 Å². The maximum absolute atomic E-state index is 2.58. The molecule has 0 aromatic heterocycles. The van der Waals surface area contributed by atoms with Crippen LogP contribution < -0.4 is 0 Å². The minimum absolute atomic E-state index is 0.847. The molecule has 0 unspecified atom stereocenters. The molecule has 0 fully saturated rings. The fourth-order valence-corrected chi connectivity index (χ4v) is 1.45. The van der Waals surface area contributed by atoms with E-state index in [1.807, 2.05) is 0 Å². The van der Waals surface area contributed by atoms with E-state index in [2.05, 4.69) is 32.6 Å². The highest BCUT2D eigenvalue weighted by molar-refractivity contribution is 4.57. The smallest absolute Gasteiger partial charge is 0.00164 e. The molecule has 0 aliphatic heterocycles. The molecule has 0 heterocycles. The third kappa shape index (κ3) is 8.29. The van der Waals surface area contributed by atoms with Crippen LogP contribution in [0.4, 0.5) is 0 Å². The molecule has 0 aliphatic carbocycles. The lowest BCUT2D eigenvalue weighted by atomic mass is 10.1. The molecule has 0 spiro atoms. The first kappa shape index (κ1) is 13.0. The van der Waals surface area contributed by atoms with Gasteiger partial charge in [0.25, 0.3) is 0 Å². The first-order valence-corrected chi connectivity index (χ1v) is 5.93. The first-order valence-electron chi connectivity index (χ1n) is 5.93. The van der Waals surface area contributed by atoms with E-state index < -0.39 is 0 Å². The molecular formula is C12H27N. The third-order valence-electron chi connectivity index (χ3n) is 2.55. The van der Waals surface area contributed by atoms with E-state index in [0.717, 1.165) is 5.92 Å². The van der Waals surface area contributed by atoms with E-state index in [1.54, 1.807) is 0 Å². The Hall–Kier alpha value is -0.0400. The largest absolute Gasteiger partial charge is 0.304 e. The Labute approximate surface area is 84.5 Å². The summed E-state index contributed by atoms with van der Waals surface area (Å²) in [5, 5.41) is 0. The second-order valence-corrected chi connectivity index (χ2v) is 4.32. The van der Waals surface area contributed by atoms with Gasteiger partial charge in [-0.1, -0.05) is 40.5 Å². The molecule has 0 amide bonds. The topological polar surface area (TPSA) is 3.24 Å². The zero-order valence-corrected chi connectivity index (χ0v) is 9.97. The molecule has 0 atom stereocenters. The molecule has 0 rings (SSSR count).